The van der Waals surface area contributed by atoms with Crippen molar-refractivity contribution >= 4 is 54.7 Å². The number of aromatic nitrogens is 2. The molecule has 0 fully saturated rings. The Hall–Kier alpha value is -5.31. The Bertz CT molecular complexity index is 1670. The summed E-state index contributed by atoms with van der Waals surface area (Å²) in [4.78, 5) is 23.3. The number of nitrogens with zero attached hydrogens (tertiary/aromatic N) is 5. The fourth-order valence-corrected chi connectivity index (χ4v) is 5.27. The summed E-state index contributed by atoms with van der Waals surface area (Å²) < 4.78 is 4.50. The summed E-state index contributed by atoms with van der Waals surface area (Å²) in [5.74, 6) is 4.72. The minimum Gasteiger partial charge on any atom is -0.369 e. The smallest absolute Gasteiger partial charge is 0.330 e. The molecule has 14 nitrogen and oxygen atoms in total. The van der Waals surface area contributed by atoms with Crippen LogP contribution in [0.1, 0.15) is 64.1 Å². The number of nitrogens with two attached hydrogens (primary N) is 5. The number of hydrogen-bond acceptors (Lipinski definition) is 8. The molecule has 2 aliphatic carbocycles. The van der Waals surface area contributed by atoms with Gasteiger partial charge in [-0.2, -0.15) is 5.10 Å². The largest absolute Gasteiger partial charge is 0.369 e. The number of benzene rings is 2. The van der Waals surface area contributed by atoms with Gasteiger partial charge in [0.25, 0.3) is 0 Å². The second-order valence-corrected chi connectivity index (χ2v) is 10.5. The quantitative estimate of drug-likeness (QED) is 0.0427. The Morgan fingerprint density at radius 2 is 1.18 bits per heavy atom. The standard InChI is InChI=1S/C16H19N5.C15H15NO.CH6N4.CH2O3.2ClH/c17-16(18)20-19-14-7-4-8-15-13(14)9-10-21(15)11-12-5-2-1-3-6-12;17-15-8-4-7-14-13(15)9-10-16(14)11-12-5-2-1-3-6-12;2-1(3)5-4;2-1-4-3;;/h1-3,5-6,9-10H,4,7-8,11H2,(H4,17,18,20);1-3,5-6,9-10H,4,7-8,11H2;4H2,(H4,2,3,5);1,3H;2*1H/b19-14+;;;;;. The van der Waals surface area contributed by atoms with Crippen molar-refractivity contribution in [2.45, 2.75) is 51.6 Å². The molecule has 0 bridgehead atoms. The minimum atomic E-state index is -0.0926. The van der Waals surface area contributed by atoms with Gasteiger partial charge in [-0.05, 0) is 55.4 Å². The molecule has 0 saturated carbocycles. The van der Waals surface area contributed by atoms with Gasteiger partial charge in [0.2, 0.25) is 11.9 Å². The van der Waals surface area contributed by atoms with Crippen molar-refractivity contribution in [3.8, 4) is 0 Å². The van der Waals surface area contributed by atoms with Crippen LogP contribution in [0.25, 0.3) is 0 Å². The lowest BCUT2D eigenvalue weighted by atomic mass is 9.96. The maximum atomic E-state index is 11.7. The van der Waals surface area contributed by atoms with Crippen molar-refractivity contribution in [2.24, 2.45) is 44.1 Å². The second kappa shape index (κ2) is 22.3. The second-order valence-electron chi connectivity index (χ2n) is 10.5. The van der Waals surface area contributed by atoms with Gasteiger partial charge in [-0.1, -0.05) is 60.7 Å². The van der Waals surface area contributed by atoms with Gasteiger partial charge in [0.05, 0.1) is 5.71 Å². The number of halogens is 2. The molecule has 0 amide bonds. The SMILES string of the molecule is Cl.Cl.NC(N)=N/N=C1\CCCc2c1ccn2Cc1ccccc1.NN=C(N)N.O=C1CCCc2c1ccn2Cc1ccccc1.O=COO. The minimum absolute atomic E-state index is 0. The number of Topliss-reactive ketones (excluding diaryl/α,β-unsaturated/α-hetero) is 1. The van der Waals surface area contributed by atoms with E-state index >= 15 is 0 Å². The third-order valence-electron chi connectivity index (χ3n) is 7.28. The van der Waals surface area contributed by atoms with Crippen molar-refractivity contribution < 1.29 is 19.7 Å². The van der Waals surface area contributed by atoms with Crippen LogP contribution in [0.3, 0.4) is 0 Å². The lowest BCUT2D eigenvalue weighted by Gasteiger charge is -2.17. The molecular weight excluding hydrogens is 671 g/mol. The van der Waals surface area contributed by atoms with E-state index in [1.807, 2.05) is 24.4 Å². The van der Waals surface area contributed by atoms with E-state index in [4.69, 9.17) is 33.0 Å². The number of fused-ring (bicyclic) bond motifs is 2. The highest BCUT2D eigenvalue weighted by molar-refractivity contribution is 6.02. The van der Waals surface area contributed by atoms with E-state index in [9.17, 15) is 4.79 Å². The van der Waals surface area contributed by atoms with Gasteiger partial charge in [-0.15, -0.1) is 35.0 Å². The molecule has 0 unspecified atom stereocenters. The summed E-state index contributed by atoms with van der Waals surface area (Å²) in [6.07, 6.45) is 9.95. The van der Waals surface area contributed by atoms with Crippen LogP contribution in [0, 0.1) is 0 Å². The van der Waals surface area contributed by atoms with Crippen LogP contribution in [0.5, 0.6) is 0 Å². The molecule has 4 aromatic rings. The van der Waals surface area contributed by atoms with Gasteiger partial charge in [0.15, 0.2) is 5.78 Å². The van der Waals surface area contributed by atoms with Crippen molar-refractivity contribution in [3.63, 3.8) is 0 Å². The van der Waals surface area contributed by atoms with Gasteiger partial charge in [-0.25, -0.2) is 5.26 Å². The van der Waals surface area contributed by atoms with Crippen LogP contribution in [-0.2, 0) is 35.6 Å². The molecule has 0 atom stereocenters. The van der Waals surface area contributed by atoms with Crippen molar-refractivity contribution in [2.75, 3.05) is 0 Å². The van der Waals surface area contributed by atoms with Gasteiger partial charge in [0, 0.05) is 54.4 Å². The number of rotatable bonds is 6. The molecule has 49 heavy (non-hydrogen) atoms. The normalized spacial score (nSPS) is 12.9. The number of ketones is 1. The zero-order chi connectivity index (χ0) is 34.0. The Morgan fingerprint density at radius 1 is 0.735 bits per heavy atom. The summed E-state index contributed by atoms with van der Waals surface area (Å²) in [5, 5.41) is 17.8. The van der Waals surface area contributed by atoms with E-state index in [0.29, 0.717) is 12.2 Å². The number of hydrogen-bond donors (Lipinski definition) is 6. The van der Waals surface area contributed by atoms with Crippen LogP contribution >= 0.6 is 24.8 Å². The van der Waals surface area contributed by atoms with Crippen LogP contribution in [-0.4, -0.2) is 44.3 Å². The first kappa shape index (κ1) is 41.7. The molecule has 0 radical (unpaired) electrons. The van der Waals surface area contributed by atoms with Crippen LogP contribution in [0.2, 0.25) is 0 Å². The van der Waals surface area contributed by atoms with E-state index in [-0.39, 0.29) is 43.2 Å². The topological polar surface area (TPSA) is 241 Å². The van der Waals surface area contributed by atoms with Gasteiger partial charge >= 0.3 is 6.47 Å². The third kappa shape index (κ3) is 13.4. The van der Waals surface area contributed by atoms with E-state index in [1.54, 1.807) is 0 Å². The van der Waals surface area contributed by atoms with Crippen LogP contribution in [0.15, 0.2) is 100 Å². The van der Waals surface area contributed by atoms with Gasteiger partial charge in [0.1, 0.15) is 0 Å². The summed E-state index contributed by atoms with van der Waals surface area (Å²) >= 11 is 0. The maximum absolute atomic E-state index is 11.7. The molecule has 2 aromatic heterocycles. The Labute approximate surface area is 297 Å². The van der Waals surface area contributed by atoms with Crippen LogP contribution < -0.4 is 28.8 Å². The number of carbonyl (C=O) groups excluding carboxylic acids is 2. The molecule has 2 aliphatic rings. The monoisotopic (exact) mass is 714 g/mol. The number of hydrazone groups is 1. The molecule has 16 heteroatoms. The predicted octanol–water partition coefficient (Wildman–Crippen LogP) is 3.52. The molecule has 11 N–H and O–H groups in total. The molecular formula is C33H44Cl2N10O4. The molecule has 0 spiro atoms. The number of carbonyl (C=O) groups is 2. The molecule has 2 aromatic carbocycles. The lowest BCUT2D eigenvalue weighted by Crippen LogP contribution is -2.23. The lowest BCUT2D eigenvalue weighted by molar-refractivity contribution is -0.217. The number of guanidine groups is 2. The highest BCUT2D eigenvalue weighted by atomic mass is 35.5. The highest BCUT2D eigenvalue weighted by Crippen LogP contribution is 2.25. The van der Waals surface area contributed by atoms with E-state index in [1.165, 1.54) is 28.1 Å². The summed E-state index contributed by atoms with van der Waals surface area (Å²) in [7, 11) is 0. The molecule has 2 heterocycles. The first-order valence-electron chi connectivity index (χ1n) is 14.9. The highest BCUT2D eigenvalue weighted by Gasteiger charge is 2.21. The van der Waals surface area contributed by atoms with Crippen molar-refractivity contribution in [1.82, 2.24) is 9.13 Å². The zero-order valence-electron chi connectivity index (χ0n) is 26.9. The van der Waals surface area contributed by atoms with Crippen molar-refractivity contribution in [1.29, 1.82) is 0 Å². The fourth-order valence-electron chi connectivity index (χ4n) is 5.27. The zero-order valence-corrected chi connectivity index (χ0v) is 28.6. The average molecular weight is 716 g/mol. The average Bonchev–Trinajstić information content (AvgIpc) is 3.70. The maximum Gasteiger partial charge on any atom is 0.330 e. The van der Waals surface area contributed by atoms with Crippen molar-refractivity contribution in [3.05, 3.63) is 119 Å². The molecule has 0 aliphatic heterocycles. The summed E-state index contributed by atoms with van der Waals surface area (Å²) in [6.45, 7) is 1.68. The Kier molecular flexibility index (Phi) is 19.0. The summed E-state index contributed by atoms with van der Waals surface area (Å²) in [6, 6.07) is 24.9. The molecule has 6 rings (SSSR count). The Balaban J connectivity index is 0.000000385. The third-order valence-corrected chi connectivity index (χ3v) is 7.28. The van der Waals surface area contributed by atoms with Crippen LogP contribution in [0.4, 0.5) is 0 Å². The van der Waals surface area contributed by atoms with Gasteiger partial charge < -0.3 is 42.8 Å². The fraction of sp³-hybridized carbons (Fsp3) is 0.242. The van der Waals surface area contributed by atoms with E-state index in [0.717, 1.165) is 56.5 Å². The summed E-state index contributed by atoms with van der Waals surface area (Å²) in [5.41, 5.74) is 28.3. The molecule has 0 saturated heterocycles. The first-order valence-corrected chi connectivity index (χ1v) is 14.9. The van der Waals surface area contributed by atoms with Gasteiger partial charge in [-0.3, -0.25) is 9.59 Å². The van der Waals surface area contributed by atoms with E-state index < -0.39 is 0 Å². The van der Waals surface area contributed by atoms with E-state index in [2.05, 4.69) is 96.0 Å². The molecule has 264 valence electrons. The first-order chi connectivity index (χ1) is 22.8. The Morgan fingerprint density at radius 3 is 1.63 bits per heavy atom. The predicted molar refractivity (Wildman–Crippen MR) is 197 cm³/mol.